The third kappa shape index (κ3) is 4.26. The van der Waals surface area contributed by atoms with E-state index in [0.29, 0.717) is 0 Å². The van der Waals surface area contributed by atoms with E-state index in [1.54, 1.807) is 0 Å². The fourth-order valence-electron chi connectivity index (χ4n) is 3.21. The van der Waals surface area contributed by atoms with Crippen molar-refractivity contribution in [2.45, 2.75) is 103 Å². The minimum Gasteiger partial charge on any atom is -0.394 e. The first-order valence-corrected chi connectivity index (χ1v) is 9.02. The molecule has 23 heavy (non-hydrogen) atoms. The number of hydrogen-bond acceptors (Lipinski definition) is 5. The second-order valence-corrected chi connectivity index (χ2v) is 7.36. The summed E-state index contributed by atoms with van der Waals surface area (Å²) in [7, 11) is 0. The molecule has 0 aromatic heterocycles. The van der Waals surface area contributed by atoms with E-state index in [0.717, 1.165) is 25.7 Å². The molecule has 0 amide bonds. The largest absolute Gasteiger partial charge is 0.394 e. The van der Waals surface area contributed by atoms with Gasteiger partial charge in [-0.1, -0.05) is 34.6 Å². The Bertz CT molecular complexity index is 349. The van der Waals surface area contributed by atoms with Crippen LogP contribution in [0.3, 0.4) is 0 Å². The summed E-state index contributed by atoms with van der Waals surface area (Å²) in [6, 6.07) is 0. The third-order valence-electron chi connectivity index (χ3n) is 6.08. The molecule has 5 nitrogen and oxygen atoms in total. The van der Waals surface area contributed by atoms with Crippen molar-refractivity contribution in [3.05, 3.63) is 0 Å². The number of aliphatic hydroxyl groups excluding tert-OH is 3. The summed E-state index contributed by atoms with van der Waals surface area (Å²) >= 11 is 0. The van der Waals surface area contributed by atoms with Crippen molar-refractivity contribution in [3.63, 3.8) is 0 Å². The number of rotatable bonds is 8. The van der Waals surface area contributed by atoms with Gasteiger partial charge in [-0.15, -0.1) is 0 Å². The minimum atomic E-state index is -1.07. The van der Waals surface area contributed by atoms with Crippen LogP contribution in [0, 0.1) is 5.41 Å². The lowest BCUT2D eigenvalue weighted by Crippen LogP contribution is -2.64. The van der Waals surface area contributed by atoms with Gasteiger partial charge >= 0.3 is 0 Å². The normalized spacial score (nSPS) is 33.0. The van der Waals surface area contributed by atoms with Crippen LogP contribution in [0.5, 0.6) is 0 Å². The molecule has 3 N–H and O–H groups in total. The standard InChI is InChI=1S/C18H36O5/c1-7-17(5,8-2)16-14(21)13(20)15(12(11-19)22-16)23-18(6,9-3)10-4/h12-16,19-21H,7-11H2,1-6H3. The van der Waals surface area contributed by atoms with Gasteiger partial charge in [0.05, 0.1) is 18.3 Å². The molecule has 5 unspecified atom stereocenters. The van der Waals surface area contributed by atoms with Crippen LogP contribution >= 0.6 is 0 Å². The highest BCUT2D eigenvalue weighted by Crippen LogP contribution is 2.40. The van der Waals surface area contributed by atoms with Gasteiger partial charge in [0.2, 0.25) is 0 Å². The van der Waals surface area contributed by atoms with Crippen molar-refractivity contribution in [3.8, 4) is 0 Å². The highest BCUT2D eigenvalue weighted by molar-refractivity contribution is 4.99. The number of hydrogen-bond donors (Lipinski definition) is 3. The molecule has 5 atom stereocenters. The zero-order valence-corrected chi connectivity index (χ0v) is 15.6. The van der Waals surface area contributed by atoms with Gasteiger partial charge in [-0.2, -0.15) is 0 Å². The lowest BCUT2D eigenvalue weighted by molar-refractivity contribution is -0.284. The van der Waals surface area contributed by atoms with E-state index in [2.05, 4.69) is 0 Å². The Labute approximate surface area is 141 Å². The second kappa shape index (κ2) is 8.26. The Morgan fingerprint density at radius 1 is 0.913 bits per heavy atom. The molecule has 1 aliphatic rings. The van der Waals surface area contributed by atoms with Crippen LogP contribution < -0.4 is 0 Å². The molecular formula is C18H36O5. The first-order chi connectivity index (χ1) is 10.7. The summed E-state index contributed by atoms with van der Waals surface area (Å²) < 4.78 is 12.1. The maximum atomic E-state index is 10.7. The van der Waals surface area contributed by atoms with Crippen LogP contribution in [0.25, 0.3) is 0 Å². The Morgan fingerprint density at radius 3 is 1.83 bits per heavy atom. The molecule has 0 aromatic rings. The summed E-state index contributed by atoms with van der Waals surface area (Å²) in [5.41, 5.74) is -0.661. The van der Waals surface area contributed by atoms with E-state index in [1.165, 1.54) is 0 Å². The third-order valence-corrected chi connectivity index (χ3v) is 6.08. The molecular weight excluding hydrogens is 296 g/mol. The van der Waals surface area contributed by atoms with Gasteiger partial charge in [-0.3, -0.25) is 0 Å². The van der Waals surface area contributed by atoms with Crippen LogP contribution in [0.4, 0.5) is 0 Å². The second-order valence-electron chi connectivity index (χ2n) is 7.36. The Hall–Kier alpha value is -0.200. The molecule has 1 aliphatic heterocycles. The summed E-state index contributed by atoms with van der Waals surface area (Å²) in [6.45, 7) is 11.9. The van der Waals surface area contributed by atoms with E-state index in [1.807, 2.05) is 41.5 Å². The molecule has 5 heteroatoms. The van der Waals surface area contributed by atoms with Crippen molar-refractivity contribution in [1.82, 2.24) is 0 Å². The zero-order valence-electron chi connectivity index (χ0n) is 15.6. The van der Waals surface area contributed by atoms with Crippen molar-refractivity contribution >= 4 is 0 Å². The fourth-order valence-corrected chi connectivity index (χ4v) is 3.21. The predicted octanol–water partition coefficient (Wildman–Crippen LogP) is 2.26. The van der Waals surface area contributed by atoms with Gasteiger partial charge < -0.3 is 24.8 Å². The first kappa shape index (κ1) is 20.8. The van der Waals surface area contributed by atoms with Gasteiger partial charge in [0.25, 0.3) is 0 Å². The number of ether oxygens (including phenoxy) is 2. The van der Waals surface area contributed by atoms with Crippen LogP contribution in [0.2, 0.25) is 0 Å². The zero-order chi connectivity index (χ0) is 17.8. The molecule has 0 aliphatic carbocycles. The highest BCUT2D eigenvalue weighted by atomic mass is 16.6. The molecule has 1 rings (SSSR count). The van der Waals surface area contributed by atoms with Gasteiger partial charge in [0.15, 0.2) is 0 Å². The van der Waals surface area contributed by atoms with Gasteiger partial charge in [0.1, 0.15) is 24.4 Å². The molecule has 0 bridgehead atoms. The molecule has 0 saturated carbocycles. The fraction of sp³-hybridized carbons (Fsp3) is 1.00. The smallest absolute Gasteiger partial charge is 0.115 e. The van der Waals surface area contributed by atoms with Crippen LogP contribution in [0.1, 0.15) is 67.2 Å². The molecule has 1 fully saturated rings. The molecule has 0 aromatic carbocycles. The monoisotopic (exact) mass is 332 g/mol. The van der Waals surface area contributed by atoms with Crippen LogP contribution in [0.15, 0.2) is 0 Å². The molecule has 138 valence electrons. The molecule has 1 saturated heterocycles. The van der Waals surface area contributed by atoms with E-state index in [4.69, 9.17) is 9.47 Å². The van der Waals surface area contributed by atoms with E-state index in [9.17, 15) is 15.3 Å². The SMILES string of the molecule is CCC(C)(CC)OC1C(CO)OC(C(C)(CC)CC)C(O)C1O. The Morgan fingerprint density at radius 2 is 1.43 bits per heavy atom. The minimum absolute atomic E-state index is 0.238. The number of aliphatic hydroxyl groups is 3. The summed E-state index contributed by atoms with van der Waals surface area (Å²) in [5, 5.41) is 31.0. The van der Waals surface area contributed by atoms with Gasteiger partial charge in [-0.25, -0.2) is 0 Å². The molecule has 0 spiro atoms. The van der Waals surface area contributed by atoms with Gasteiger partial charge in [0, 0.05) is 0 Å². The summed E-state index contributed by atoms with van der Waals surface area (Å²) in [5.74, 6) is 0. The average molecular weight is 332 g/mol. The van der Waals surface area contributed by atoms with E-state index >= 15 is 0 Å². The first-order valence-electron chi connectivity index (χ1n) is 9.02. The molecule has 0 radical (unpaired) electrons. The van der Waals surface area contributed by atoms with Crippen LogP contribution in [-0.2, 0) is 9.47 Å². The van der Waals surface area contributed by atoms with Crippen molar-refractivity contribution in [1.29, 1.82) is 0 Å². The van der Waals surface area contributed by atoms with Crippen LogP contribution in [-0.4, -0.2) is 58.0 Å². The predicted molar refractivity (Wildman–Crippen MR) is 90.3 cm³/mol. The quantitative estimate of drug-likeness (QED) is 0.635. The van der Waals surface area contributed by atoms with E-state index in [-0.39, 0.29) is 12.0 Å². The van der Waals surface area contributed by atoms with Crippen molar-refractivity contribution in [2.75, 3.05) is 6.61 Å². The Kier molecular flexibility index (Phi) is 7.48. The lowest BCUT2D eigenvalue weighted by Gasteiger charge is -2.50. The highest BCUT2D eigenvalue weighted by Gasteiger charge is 2.51. The lowest BCUT2D eigenvalue weighted by atomic mass is 9.73. The maximum Gasteiger partial charge on any atom is 0.115 e. The molecule has 1 heterocycles. The van der Waals surface area contributed by atoms with Crippen molar-refractivity contribution < 1.29 is 24.8 Å². The average Bonchev–Trinajstić information content (AvgIpc) is 2.58. The Balaban J connectivity index is 3.03. The van der Waals surface area contributed by atoms with E-state index < -0.39 is 36.1 Å². The maximum absolute atomic E-state index is 10.7. The van der Waals surface area contributed by atoms with Crippen molar-refractivity contribution in [2.24, 2.45) is 5.41 Å². The summed E-state index contributed by atoms with van der Waals surface area (Å²) in [4.78, 5) is 0. The summed E-state index contributed by atoms with van der Waals surface area (Å²) in [6.07, 6.45) is -0.752. The van der Waals surface area contributed by atoms with Gasteiger partial charge in [-0.05, 0) is 38.0 Å². The topological polar surface area (TPSA) is 79.2 Å².